The molecule has 3 aliphatic heterocycles. The standard InChI is InChI=1S/C42H46ClN7O6/c1-41(2)39(42(3,4)40(41)56-29-12-8-26(24-44)32(43)23-29)47-35(52)25-6-10-28(11-7-25)49-20-18-48(19-21-49)17-5-16-45-27-9-13-30-31(22-27)38(55)50(37(30)54)33-14-15-34(51)46-36(33)53/h6-13,22-23,33,39-40,45H,5,14-21H2,1-4H3,(H,47,52)(H,46,51,53)/t33?,39-,40-. The SMILES string of the molecule is CC1(C)[C@H](NC(=O)c2ccc(N3CCN(CCCNc4ccc5c(c4)C(=O)N(C4CCC(=O)NC4=O)C5=O)CC3)cc2)C(C)(C)[C@H]1Oc1ccc(C#N)c(Cl)c1. The first kappa shape index (κ1) is 38.8. The molecule has 3 fully saturated rings. The maximum Gasteiger partial charge on any atom is 0.262 e. The zero-order chi connectivity index (χ0) is 39.9. The van der Waals surface area contributed by atoms with Gasteiger partial charge < -0.3 is 20.3 Å². The number of ether oxygens (including phenoxy) is 1. The second-order valence-electron chi connectivity index (χ2n) is 16.2. The van der Waals surface area contributed by atoms with Gasteiger partial charge in [-0.15, -0.1) is 0 Å². The van der Waals surface area contributed by atoms with Crippen LogP contribution in [0.25, 0.3) is 0 Å². The van der Waals surface area contributed by atoms with Gasteiger partial charge in [-0.25, -0.2) is 0 Å². The zero-order valence-corrected chi connectivity index (χ0v) is 32.7. The van der Waals surface area contributed by atoms with E-state index in [2.05, 4.69) is 59.5 Å². The number of carbonyl (C=O) groups is 5. The Kier molecular flexibility index (Phi) is 10.6. The minimum atomic E-state index is -0.985. The van der Waals surface area contributed by atoms with E-state index in [-0.39, 0.29) is 52.9 Å². The number of anilines is 2. The molecule has 0 aromatic heterocycles. The van der Waals surface area contributed by atoms with Crippen molar-refractivity contribution < 1.29 is 28.7 Å². The summed E-state index contributed by atoms with van der Waals surface area (Å²) in [5.41, 5.74) is 2.59. The van der Waals surface area contributed by atoms with E-state index in [1.165, 1.54) is 0 Å². The summed E-state index contributed by atoms with van der Waals surface area (Å²) in [5, 5.41) is 18.4. The quantitative estimate of drug-likeness (QED) is 0.181. The smallest absolute Gasteiger partial charge is 0.262 e. The Morgan fingerprint density at radius 1 is 0.929 bits per heavy atom. The van der Waals surface area contributed by atoms with E-state index in [0.29, 0.717) is 28.4 Å². The van der Waals surface area contributed by atoms with Gasteiger partial charge in [0.2, 0.25) is 11.8 Å². The Labute approximate surface area is 331 Å². The summed E-state index contributed by atoms with van der Waals surface area (Å²) in [6.45, 7) is 13.4. The molecule has 292 valence electrons. The predicted octanol–water partition coefficient (Wildman–Crippen LogP) is 4.85. The average molecular weight is 780 g/mol. The number of benzene rings is 3. The van der Waals surface area contributed by atoms with Crippen molar-refractivity contribution in [1.82, 2.24) is 20.4 Å². The molecule has 0 radical (unpaired) electrons. The highest BCUT2D eigenvalue weighted by Crippen LogP contribution is 2.55. The van der Waals surface area contributed by atoms with Crippen LogP contribution in [0.15, 0.2) is 60.7 Å². The molecule has 3 heterocycles. The van der Waals surface area contributed by atoms with E-state index in [9.17, 15) is 29.2 Å². The Hall–Kier alpha value is -5.45. The molecule has 5 amide bonds. The molecule has 13 nitrogen and oxygen atoms in total. The van der Waals surface area contributed by atoms with Crippen molar-refractivity contribution in [3.05, 3.63) is 87.9 Å². The molecule has 4 aliphatic rings. The number of carbonyl (C=O) groups excluding carboxylic acids is 5. The first-order valence-corrected chi connectivity index (χ1v) is 19.4. The number of hydrogen-bond donors (Lipinski definition) is 3. The summed E-state index contributed by atoms with van der Waals surface area (Å²) < 4.78 is 6.36. The monoisotopic (exact) mass is 779 g/mol. The van der Waals surface area contributed by atoms with Crippen LogP contribution < -0.4 is 25.6 Å². The van der Waals surface area contributed by atoms with Crippen molar-refractivity contribution in [1.29, 1.82) is 5.26 Å². The fraction of sp³-hybridized carbons (Fsp3) is 0.429. The van der Waals surface area contributed by atoms with Crippen LogP contribution in [0.5, 0.6) is 5.75 Å². The van der Waals surface area contributed by atoms with E-state index in [0.717, 1.165) is 55.4 Å². The molecule has 1 unspecified atom stereocenters. The van der Waals surface area contributed by atoms with Crippen LogP contribution in [0.2, 0.25) is 5.02 Å². The molecule has 3 aromatic carbocycles. The molecule has 2 saturated heterocycles. The van der Waals surface area contributed by atoms with E-state index in [1.807, 2.05) is 24.3 Å². The van der Waals surface area contributed by atoms with Crippen LogP contribution in [-0.4, -0.2) is 96.8 Å². The molecule has 0 bridgehead atoms. The summed E-state index contributed by atoms with van der Waals surface area (Å²) in [7, 11) is 0. The lowest BCUT2D eigenvalue weighted by atomic mass is 9.49. The van der Waals surface area contributed by atoms with Crippen molar-refractivity contribution in [3.8, 4) is 11.8 Å². The molecule has 3 N–H and O–H groups in total. The maximum absolute atomic E-state index is 13.4. The molecule has 56 heavy (non-hydrogen) atoms. The van der Waals surface area contributed by atoms with Crippen molar-refractivity contribution in [2.45, 2.75) is 65.1 Å². The lowest BCUT2D eigenvalue weighted by molar-refractivity contribution is -0.164. The normalized spacial score (nSPS) is 22.8. The van der Waals surface area contributed by atoms with E-state index >= 15 is 0 Å². The number of nitriles is 1. The summed E-state index contributed by atoms with van der Waals surface area (Å²) in [4.78, 5) is 69.2. The topological polar surface area (TPSA) is 164 Å². The third kappa shape index (κ3) is 7.31. The largest absolute Gasteiger partial charge is 0.489 e. The average Bonchev–Trinajstić information content (AvgIpc) is 3.42. The van der Waals surface area contributed by atoms with E-state index in [4.69, 9.17) is 16.3 Å². The van der Waals surface area contributed by atoms with Crippen molar-refractivity contribution in [3.63, 3.8) is 0 Å². The number of amides is 5. The van der Waals surface area contributed by atoms with Crippen LogP contribution in [0.3, 0.4) is 0 Å². The van der Waals surface area contributed by atoms with E-state index < -0.39 is 29.7 Å². The second kappa shape index (κ2) is 15.2. The Morgan fingerprint density at radius 2 is 1.62 bits per heavy atom. The highest BCUT2D eigenvalue weighted by Gasteiger charge is 2.64. The number of nitrogens with one attached hydrogen (secondary N) is 3. The Balaban J connectivity index is 0.847. The summed E-state index contributed by atoms with van der Waals surface area (Å²) >= 11 is 6.24. The Morgan fingerprint density at radius 3 is 2.29 bits per heavy atom. The van der Waals surface area contributed by atoms with Crippen LogP contribution >= 0.6 is 11.6 Å². The van der Waals surface area contributed by atoms with Gasteiger partial charge in [0.1, 0.15) is 24.0 Å². The number of fused-ring (bicyclic) bond motifs is 1. The zero-order valence-electron chi connectivity index (χ0n) is 32.0. The molecule has 1 aliphatic carbocycles. The second-order valence-corrected chi connectivity index (χ2v) is 16.6. The fourth-order valence-electron chi connectivity index (χ4n) is 8.98. The third-order valence-corrected chi connectivity index (χ3v) is 12.0. The third-order valence-electron chi connectivity index (χ3n) is 11.7. The predicted molar refractivity (Wildman–Crippen MR) is 211 cm³/mol. The lowest BCUT2D eigenvalue weighted by Crippen LogP contribution is -2.74. The van der Waals surface area contributed by atoms with Gasteiger partial charge in [-0.2, -0.15) is 5.26 Å². The number of hydrogen-bond acceptors (Lipinski definition) is 10. The lowest BCUT2D eigenvalue weighted by Gasteiger charge is -2.63. The molecule has 3 aromatic rings. The fourth-order valence-corrected chi connectivity index (χ4v) is 9.19. The molecule has 14 heteroatoms. The highest BCUT2D eigenvalue weighted by molar-refractivity contribution is 6.31. The van der Waals surface area contributed by atoms with Gasteiger partial charge in [-0.05, 0) is 74.0 Å². The van der Waals surface area contributed by atoms with Crippen LogP contribution in [0.1, 0.15) is 83.6 Å². The first-order valence-electron chi connectivity index (χ1n) is 19.0. The van der Waals surface area contributed by atoms with Crippen molar-refractivity contribution in [2.24, 2.45) is 10.8 Å². The van der Waals surface area contributed by atoms with Gasteiger partial charge in [0, 0.05) is 79.0 Å². The van der Waals surface area contributed by atoms with Gasteiger partial charge in [-0.1, -0.05) is 39.3 Å². The summed E-state index contributed by atoms with van der Waals surface area (Å²) in [6.07, 6.45) is 0.893. The highest BCUT2D eigenvalue weighted by atomic mass is 35.5. The Bertz CT molecular complexity index is 2110. The molecule has 1 saturated carbocycles. The maximum atomic E-state index is 13.4. The van der Waals surface area contributed by atoms with Gasteiger partial charge >= 0.3 is 0 Å². The van der Waals surface area contributed by atoms with Crippen molar-refractivity contribution in [2.75, 3.05) is 49.5 Å². The minimum absolute atomic E-state index is 0.0805. The molecule has 7 rings (SSSR count). The number of piperidine rings is 1. The number of rotatable bonds is 11. The van der Waals surface area contributed by atoms with E-state index in [1.54, 1.807) is 36.4 Å². The summed E-state index contributed by atoms with van der Waals surface area (Å²) in [6, 6.07) is 18.8. The minimum Gasteiger partial charge on any atom is -0.489 e. The number of imide groups is 2. The van der Waals surface area contributed by atoms with Gasteiger partial charge in [0.15, 0.2) is 0 Å². The number of piperazine rings is 1. The van der Waals surface area contributed by atoms with Gasteiger partial charge in [-0.3, -0.25) is 39.1 Å². The van der Waals surface area contributed by atoms with Crippen LogP contribution in [0, 0.1) is 22.2 Å². The van der Waals surface area contributed by atoms with Gasteiger partial charge in [0.05, 0.1) is 21.7 Å². The first-order chi connectivity index (χ1) is 26.7. The summed E-state index contributed by atoms with van der Waals surface area (Å²) in [5.74, 6) is -1.60. The van der Waals surface area contributed by atoms with Crippen LogP contribution in [0.4, 0.5) is 11.4 Å². The molecular weight excluding hydrogens is 734 g/mol. The molecular formula is C42H46ClN7O6. The number of halogens is 1. The molecule has 1 atom stereocenters. The number of nitrogens with zero attached hydrogens (tertiary/aromatic N) is 4. The van der Waals surface area contributed by atoms with Crippen LogP contribution in [-0.2, 0) is 9.59 Å². The van der Waals surface area contributed by atoms with Gasteiger partial charge in [0.25, 0.3) is 17.7 Å². The molecule has 0 spiro atoms. The van der Waals surface area contributed by atoms with Crippen molar-refractivity contribution >= 4 is 52.5 Å².